The number of rotatable bonds is 0. The van der Waals surface area contributed by atoms with E-state index in [0.29, 0.717) is 0 Å². The quantitative estimate of drug-likeness (QED) is 0.475. The predicted octanol–water partition coefficient (Wildman–Crippen LogP) is 0.128. The van der Waals surface area contributed by atoms with Crippen LogP contribution in [0.15, 0.2) is 0 Å². The Labute approximate surface area is 48.3 Å². The number of nitrogens with two attached hydrogens (primary N) is 1. The van der Waals surface area contributed by atoms with Crippen LogP contribution in [0.2, 0.25) is 0 Å². The van der Waals surface area contributed by atoms with Gasteiger partial charge in [0.1, 0.15) is 0 Å². The molecule has 0 atom stereocenters. The summed E-state index contributed by atoms with van der Waals surface area (Å²) in [7, 11) is 0. The van der Waals surface area contributed by atoms with E-state index in [-0.39, 0.29) is 6.15 Å². The molecule has 0 rings (SSSR count). The van der Waals surface area contributed by atoms with Crippen LogP contribution in [0.1, 0.15) is 0 Å². The number of halogens is 3. The third-order valence-electron chi connectivity index (χ3n) is 0.338. The molecule has 0 aliphatic heterocycles. The van der Waals surface area contributed by atoms with Gasteiger partial charge in [0.05, 0.1) is 0 Å². The minimum absolute atomic E-state index is 0. The monoisotopic (exact) mass is 146 g/mol. The summed E-state index contributed by atoms with van der Waals surface area (Å²) in [6.07, 6.45) is -4.98. The molecule has 0 spiro atoms. The van der Waals surface area contributed by atoms with Gasteiger partial charge in [0, 0.05) is 0 Å². The van der Waals surface area contributed by atoms with Crippen molar-refractivity contribution in [1.29, 1.82) is 0 Å². The Morgan fingerprint density at radius 1 is 1.44 bits per heavy atom. The lowest BCUT2D eigenvalue weighted by molar-refractivity contribution is -0.200. The maximum absolute atomic E-state index is 10.9. The van der Waals surface area contributed by atoms with Crippen LogP contribution < -0.4 is 12.0 Å². The van der Waals surface area contributed by atoms with Gasteiger partial charge in [-0.05, 0) is 0 Å². The van der Waals surface area contributed by atoms with Crippen molar-refractivity contribution in [3.05, 3.63) is 0 Å². The van der Waals surface area contributed by atoms with Crippen molar-refractivity contribution in [1.82, 2.24) is 6.15 Å². The van der Waals surface area contributed by atoms with Crippen molar-refractivity contribution in [2.75, 3.05) is 0 Å². The van der Waals surface area contributed by atoms with Crippen LogP contribution in [0.5, 0.6) is 0 Å². The van der Waals surface area contributed by atoms with Crippen molar-refractivity contribution in [2.24, 2.45) is 5.90 Å². The summed E-state index contributed by atoms with van der Waals surface area (Å²) >= 11 is 0. The second kappa shape index (κ2) is 3.25. The van der Waals surface area contributed by atoms with Gasteiger partial charge in [0.15, 0.2) is 0 Å². The van der Waals surface area contributed by atoms with Gasteiger partial charge < -0.3 is 11.0 Å². The molecule has 0 aromatic carbocycles. The highest BCUT2D eigenvalue weighted by Gasteiger charge is 2.40. The van der Waals surface area contributed by atoms with Gasteiger partial charge >= 0.3 is 12.1 Å². The van der Waals surface area contributed by atoms with Gasteiger partial charge in [-0.15, -0.1) is 0 Å². The van der Waals surface area contributed by atoms with E-state index in [0.717, 1.165) is 0 Å². The third kappa shape index (κ3) is 3.74. The van der Waals surface area contributed by atoms with Gasteiger partial charge in [-0.3, -0.25) is 0 Å². The fraction of sp³-hybridized carbons (Fsp3) is 0.500. The third-order valence-corrected chi connectivity index (χ3v) is 0.338. The van der Waals surface area contributed by atoms with Gasteiger partial charge in [-0.2, -0.15) is 19.1 Å². The van der Waals surface area contributed by atoms with Crippen molar-refractivity contribution in [3.63, 3.8) is 0 Å². The normalized spacial score (nSPS) is 9.78. The maximum Gasteiger partial charge on any atom is 0.492 e. The van der Waals surface area contributed by atoms with Crippen LogP contribution in [0.4, 0.5) is 13.2 Å². The first kappa shape index (κ1) is 11.0. The summed E-state index contributed by atoms with van der Waals surface area (Å²) < 4.78 is 32.7. The fourth-order valence-electron chi connectivity index (χ4n) is 0.0668. The Morgan fingerprint density at radius 3 is 1.78 bits per heavy atom. The van der Waals surface area contributed by atoms with Crippen molar-refractivity contribution >= 4 is 5.97 Å². The van der Waals surface area contributed by atoms with Crippen molar-refractivity contribution in [3.8, 4) is 0 Å². The molecule has 9 heavy (non-hydrogen) atoms. The number of carbonyl (C=O) groups excluding carboxylic acids is 1. The molecular formula is C2H5F3N2O2. The molecule has 0 amide bonds. The van der Waals surface area contributed by atoms with Gasteiger partial charge in [0.25, 0.3) is 0 Å². The molecule has 0 aromatic rings. The lowest BCUT2D eigenvalue weighted by Gasteiger charge is -1.98. The standard InChI is InChI=1S/C2H2F3NO2.H3N/c3-2(4,5)1(7)8-6;/h6H2;1H3. The van der Waals surface area contributed by atoms with Gasteiger partial charge in [-0.1, -0.05) is 0 Å². The first-order valence-electron chi connectivity index (χ1n) is 1.46. The summed E-state index contributed by atoms with van der Waals surface area (Å²) in [5.41, 5.74) is 0. The molecule has 4 nitrogen and oxygen atoms in total. The van der Waals surface area contributed by atoms with Crippen molar-refractivity contribution < 1.29 is 22.8 Å². The van der Waals surface area contributed by atoms with Crippen LogP contribution in [0.25, 0.3) is 0 Å². The molecule has 0 aliphatic rings. The molecule has 7 heteroatoms. The molecule has 0 unspecified atom stereocenters. The van der Waals surface area contributed by atoms with E-state index in [1.54, 1.807) is 0 Å². The second-order valence-corrected chi connectivity index (χ2v) is 0.903. The molecule has 0 heterocycles. The van der Waals surface area contributed by atoms with Crippen LogP contribution in [0.3, 0.4) is 0 Å². The highest BCUT2D eigenvalue weighted by Crippen LogP contribution is 2.14. The lowest BCUT2D eigenvalue weighted by atomic mass is 10.7. The van der Waals surface area contributed by atoms with Crippen LogP contribution in [-0.2, 0) is 9.63 Å². The summed E-state index contributed by atoms with van der Waals surface area (Å²) in [5, 5.41) is 0. The average Bonchev–Trinajstić information content (AvgIpc) is 1.62. The molecule has 0 saturated heterocycles. The lowest BCUT2D eigenvalue weighted by Crippen LogP contribution is -2.27. The second-order valence-electron chi connectivity index (χ2n) is 0.903. The average molecular weight is 146 g/mol. The molecule has 56 valence electrons. The number of hydrogen-bond acceptors (Lipinski definition) is 4. The minimum Gasteiger partial charge on any atom is -0.367 e. The van der Waals surface area contributed by atoms with E-state index < -0.39 is 12.1 Å². The zero-order chi connectivity index (χ0) is 6.78. The van der Waals surface area contributed by atoms with Crippen LogP contribution in [-0.4, -0.2) is 12.1 Å². The molecule has 5 N–H and O–H groups in total. The maximum atomic E-state index is 10.9. The molecule has 0 aromatic heterocycles. The number of carbonyl (C=O) groups is 1. The SMILES string of the molecule is N.NOC(=O)C(F)(F)F. The zero-order valence-electron chi connectivity index (χ0n) is 4.23. The van der Waals surface area contributed by atoms with Crippen LogP contribution >= 0.6 is 0 Å². The zero-order valence-corrected chi connectivity index (χ0v) is 4.23. The summed E-state index contributed by atoms with van der Waals surface area (Å²) in [6, 6.07) is 0. The predicted molar refractivity (Wildman–Crippen MR) is 21.4 cm³/mol. The summed E-state index contributed by atoms with van der Waals surface area (Å²) in [4.78, 5) is 12.2. The highest BCUT2D eigenvalue weighted by molar-refractivity contribution is 5.75. The fourth-order valence-corrected chi connectivity index (χ4v) is 0.0668. The minimum atomic E-state index is -4.98. The first-order valence-corrected chi connectivity index (χ1v) is 1.46. The molecule has 0 bridgehead atoms. The Kier molecular flexibility index (Phi) is 3.99. The topological polar surface area (TPSA) is 87.3 Å². The van der Waals surface area contributed by atoms with E-state index in [2.05, 4.69) is 10.7 Å². The molecule has 0 aliphatic carbocycles. The van der Waals surface area contributed by atoms with Gasteiger partial charge in [0.2, 0.25) is 0 Å². The molecule has 0 saturated carbocycles. The molecule has 0 fully saturated rings. The Morgan fingerprint density at radius 2 is 1.78 bits per heavy atom. The Balaban J connectivity index is 0. The van der Waals surface area contributed by atoms with E-state index >= 15 is 0 Å². The number of hydrogen-bond donors (Lipinski definition) is 2. The summed E-state index contributed by atoms with van der Waals surface area (Å²) in [5.74, 6) is 1.50. The molecular weight excluding hydrogens is 141 g/mol. The van der Waals surface area contributed by atoms with Crippen molar-refractivity contribution in [2.45, 2.75) is 6.18 Å². The Bertz CT molecular complexity index is 100. The van der Waals surface area contributed by atoms with Crippen LogP contribution in [0, 0.1) is 0 Å². The highest BCUT2D eigenvalue weighted by atomic mass is 19.4. The smallest absolute Gasteiger partial charge is 0.367 e. The van der Waals surface area contributed by atoms with E-state index in [9.17, 15) is 18.0 Å². The molecule has 0 radical (unpaired) electrons. The van der Waals surface area contributed by atoms with E-state index in [1.165, 1.54) is 0 Å². The first-order chi connectivity index (χ1) is 3.48. The largest absolute Gasteiger partial charge is 0.492 e. The van der Waals surface area contributed by atoms with E-state index in [1.807, 2.05) is 0 Å². The Hall–Kier alpha value is -0.820. The van der Waals surface area contributed by atoms with Gasteiger partial charge in [-0.25, -0.2) is 4.79 Å². The summed E-state index contributed by atoms with van der Waals surface area (Å²) in [6.45, 7) is 0. The number of alkyl halides is 3. The van der Waals surface area contributed by atoms with E-state index in [4.69, 9.17) is 0 Å².